The van der Waals surface area contributed by atoms with Gasteiger partial charge in [-0.15, -0.1) is 0 Å². The van der Waals surface area contributed by atoms with Crippen LogP contribution in [-0.2, 0) is 0 Å². The van der Waals surface area contributed by atoms with Gasteiger partial charge in [0.25, 0.3) is 0 Å². The maximum absolute atomic E-state index is 9.71. The van der Waals surface area contributed by atoms with Crippen molar-refractivity contribution in [3.63, 3.8) is 0 Å². The third-order valence-corrected chi connectivity index (χ3v) is 3.62. The van der Waals surface area contributed by atoms with Crippen LogP contribution in [0.3, 0.4) is 0 Å². The fraction of sp³-hybridized carbons (Fsp3) is 0. The lowest BCUT2D eigenvalue weighted by Gasteiger charge is -2.09. The molecule has 0 saturated heterocycles. The summed E-state index contributed by atoms with van der Waals surface area (Å²) in [7, 11) is 0. The number of nitrogens with one attached hydrogen (secondary N) is 2. The molecule has 110 valence electrons. The lowest BCUT2D eigenvalue weighted by atomic mass is 9.98. The van der Waals surface area contributed by atoms with Crippen LogP contribution >= 0.6 is 0 Å². The molecule has 4 rings (SSSR count). The summed E-state index contributed by atoms with van der Waals surface area (Å²) in [6, 6.07) is 8.79. The monoisotopic (exact) mass is 302 g/mol. The van der Waals surface area contributed by atoms with Gasteiger partial charge in [-0.1, -0.05) is 0 Å². The molecule has 3 heterocycles. The van der Waals surface area contributed by atoms with E-state index in [1.807, 2.05) is 0 Å². The lowest BCUT2D eigenvalue weighted by molar-refractivity contribution is 0.475. The van der Waals surface area contributed by atoms with Crippen LogP contribution in [0.2, 0.25) is 0 Å². The smallest absolute Gasteiger partial charge is 0.156 e. The van der Waals surface area contributed by atoms with Crippen molar-refractivity contribution < 1.29 is 5.11 Å². The van der Waals surface area contributed by atoms with Gasteiger partial charge in [0.2, 0.25) is 0 Å². The van der Waals surface area contributed by atoms with Crippen molar-refractivity contribution in [1.82, 2.24) is 25.1 Å². The number of aromatic nitrogens is 5. The molecule has 0 bridgehead atoms. The number of aromatic amines is 2. The zero-order valence-electron chi connectivity index (χ0n) is 11.8. The molecule has 0 aliphatic heterocycles. The van der Waals surface area contributed by atoms with Gasteiger partial charge in [0.1, 0.15) is 11.8 Å². The summed E-state index contributed by atoms with van der Waals surface area (Å²) in [6.07, 6.45) is 4.85. The molecule has 0 aliphatic rings. The molecule has 4 aromatic rings. The van der Waals surface area contributed by atoms with Gasteiger partial charge in [0, 0.05) is 16.5 Å². The van der Waals surface area contributed by atoms with Gasteiger partial charge in [-0.3, -0.25) is 5.10 Å². The Labute approximate surface area is 130 Å². The van der Waals surface area contributed by atoms with Crippen molar-refractivity contribution in [2.24, 2.45) is 0 Å². The van der Waals surface area contributed by atoms with E-state index in [1.54, 1.807) is 43.0 Å². The van der Waals surface area contributed by atoms with Crippen LogP contribution in [0.4, 0.5) is 0 Å². The highest BCUT2D eigenvalue weighted by Crippen LogP contribution is 2.35. The van der Waals surface area contributed by atoms with Crippen LogP contribution in [0.1, 0.15) is 5.56 Å². The van der Waals surface area contributed by atoms with Crippen molar-refractivity contribution in [2.75, 3.05) is 0 Å². The molecule has 3 aromatic heterocycles. The van der Waals surface area contributed by atoms with Gasteiger partial charge in [0.05, 0.1) is 35.7 Å². The van der Waals surface area contributed by atoms with Crippen molar-refractivity contribution in [1.29, 1.82) is 5.26 Å². The van der Waals surface area contributed by atoms with Crippen LogP contribution in [0.15, 0.2) is 43.0 Å². The Morgan fingerprint density at radius 2 is 1.96 bits per heavy atom. The largest absolute Gasteiger partial charge is 0.508 e. The van der Waals surface area contributed by atoms with Gasteiger partial charge < -0.3 is 10.1 Å². The molecule has 0 radical (unpaired) electrons. The van der Waals surface area contributed by atoms with Crippen LogP contribution in [-0.4, -0.2) is 30.3 Å². The number of rotatable bonds is 2. The van der Waals surface area contributed by atoms with Crippen molar-refractivity contribution in [2.45, 2.75) is 0 Å². The fourth-order valence-corrected chi connectivity index (χ4v) is 2.58. The molecule has 0 fully saturated rings. The molecule has 3 N–H and O–H groups in total. The molecule has 23 heavy (non-hydrogen) atoms. The number of pyridine rings is 1. The normalized spacial score (nSPS) is 10.7. The average molecular weight is 302 g/mol. The van der Waals surface area contributed by atoms with E-state index < -0.39 is 0 Å². The fourth-order valence-electron chi connectivity index (χ4n) is 2.58. The maximum Gasteiger partial charge on any atom is 0.156 e. The zero-order chi connectivity index (χ0) is 15.8. The first-order chi connectivity index (χ1) is 11.3. The number of nitriles is 1. The Morgan fingerprint density at radius 1 is 1.13 bits per heavy atom. The van der Waals surface area contributed by atoms with Crippen LogP contribution in [0.5, 0.6) is 5.75 Å². The van der Waals surface area contributed by atoms with E-state index in [0.717, 1.165) is 16.6 Å². The summed E-state index contributed by atoms with van der Waals surface area (Å²) in [6.45, 7) is 0. The van der Waals surface area contributed by atoms with Gasteiger partial charge in [-0.05, 0) is 24.3 Å². The van der Waals surface area contributed by atoms with E-state index in [0.29, 0.717) is 22.5 Å². The van der Waals surface area contributed by atoms with E-state index in [2.05, 4.69) is 31.2 Å². The summed E-state index contributed by atoms with van der Waals surface area (Å²) >= 11 is 0. The summed E-state index contributed by atoms with van der Waals surface area (Å²) < 4.78 is 0. The number of fused-ring (bicyclic) bond motifs is 1. The molecule has 7 nitrogen and oxygen atoms in total. The highest BCUT2D eigenvalue weighted by Gasteiger charge is 2.19. The Kier molecular flexibility index (Phi) is 2.81. The molecular weight excluding hydrogens is 292 g/mol. The van der Waals surface area contributed by atoms with Crippen molar-refractivity contribution in [3.8, 4) is 34.3 Å². The second-order valence-electron chi connectivity index (χ2n) is 4.97. The predicted molar refractivity (Wildman–Crippen MR) is 83.3 cm³/mol. The van der Waals surface area contributed by atoms with Crippen molar-refractivity contribution in [3.05, 3.63) is 48.5 Å². The number of benzene rings is 1. The number of imidazole rings is 1. The lowest BCUT2D eigenvalue weighted by Crippen LogP contribution is -1.95. The van der Waals surface area contributed by atoms with E-state index in [-0.39, 0.29) is 5.75 Å². The third-order valence-electron chi connectivity index (χ3n) is 3.62. The van der Waals surface area contributed by atoms with Crippen LogP contribution < -0.4 is 0 Å². The Hall–Kier alpha value is -3.66. The molecule has 0 saturated carbocycles. The van der Waals surface area contributed by atoms with Crippen LogP contribution in [0.25, 0.3) is 33.5 Å². The summed E-state index contributed by atoms with van der Waals surface area (Å²) in [5.74, 6) is 0.156. The number of aromatic hydroxyl groups is 1. The van der Waals surface area contributed by atoms with Crippen molar-refractivity contribution >= 4 is 11.0 Å². The number of phenols is 1. The first-order valence-electron chi connectivity index (χ1n) is 6.83. The molecule has 0 unspecified atom stereocenters. The van der Waals surface area contributed by atoms with E-state index in [1.165, 1.54) is 0 Å². The number of hydrogen-bond donors (Lipinski definition) is 3. The minimum absolute atomic E-state index is 0.156. The SMILES string of the molecule is N#Cc1c(-c2ccc(O)cc2)nc2[nH]ncc2c1-c1cnc[nH]1. The van der Waals surface area contributed by atoms with Gasteiger partial charge in [-0.25, -0.2) is 9.97 Å². The Balaban J connectivity index is 2.09. The Bertz CT molecular complexity index is 1030. The molecule has 0 aliphatic carbocycles. The first-order valence-corrected chi connectivity index (χ1v) is 6.83. The van der Waals surface area contributed by atoms with Gasteiger partial charge >= 0.3 is 0 Å². The van der Waals surface area contributed by atoms with E-state index in [4.69, 9.17) is 0 Å². The standard InChI is InChI=1S/C16H10N6O/c17-5-11-14(13-7-18-8-19-13)12-6-20-22-16(12)21-15(11)9-1-3-10(23)4-2-9/h1-4,6-8,23H,(H,18,19)(H,20,21,22). The topological polar surface area (TPSA) is 114 Å². The first kappa shape index (κ1) is 13.0. The van der Waals surface area contributed by atoms with E-state index >= 15 is 0 Å². The second kappa shape index (κ2) is 4.96. The summed E-state index contributed by atoms with van der Waals surface area (Å²) in [5.41, 5.74) is 3.68. The summed E-state index contributed by atoms with van der Waals surface area (Å²) in [4.78, 5) is 11.6. The minimum atomic E-state index is 0.156. The van der Waals surface area contributed by atoms with E-state index in [9.17, 15) is 10.4 Å². The maximum atomic E-state index is 9.71. The molecule has 1 aromatic carbocycles. The second-order valence-corrected chi connectivity index (χ2v) is 4.97. The van der Waals surface area contributed by atoms with Gasteiger partial charge in [-0.2, -0.15) is 10.4 Å². The molecule has 7 heteroatoms. The molecule has 0 amide bonds. The van der Waals surface area contributed by atoms with Gasteiger partial charge in [0.15, 0.2) is 5.65 Å². The average Bonchev–Trinajstić information content (AvgIpc) is 3.25. The number of phenolic OH excluding ortho intramolecular Hbond substituents is 1. The zero-order valence-corrected chi connectivity index (χ0v) is 11.8. The number of hydrogen-bond acceptors (Lipinski definition) is 5. The highest BCUT2D eigenvalue weighted by molar-refractivity contribution is 5.98. The number of nitrogens with zero attached hydrogens (tertiary/aromatic N) is 4. The molecule has 0 atom stereocenters. The van der Waals surface area contributed by atoms with Crippen LogP contribution in [0, 0.1) is 11.3 Å². The minimum Gasteiger partial charge on any atom is -0.508 e. The predicted octanol–water partition coefficient (Wildman–Crippen LogP) is 2.59. The summed E-state index contributed by atoms with van der Waals surface area (Å²) in [5, 5.41) is 26.8. The highest BCUT2D eigenvalue weighted by atomic mass is 16.3. The Morgan fingerprint density at radius 3 is 2.65 bits per heavy atom. The third kappa shape index (κ3) is 2.01. The molecule has 0 spiro atoms. The molecular formula is C16H10N6O. The number of H-pyrrole nitrogens is 2. The quantitative estimate of drug-likeness (QED) is 0.526.